The number of anilines is 1. The molecule has 2 aromatic rings. The van der Waals surface area contributed by atoms with Crippen LogP contribution in [0, 0.1) is 0 Å². The van der Waals surface area contributed by atoms with E-state index in [9.17, 15) is 26.4 Å². The molecule has 2 aliphatic heterocycles. The lowest BCUT2D eigenvalue weighted by Crippen LogP contribution is -2.36. The average molecular weight is 481 g/mol. The third-order valence-corrected chi connectivity index (χ3v) is 7.73. The molecule has 2 fully saturated rings. The highest BCUT2D eigenvalue weighted by molar-refractivity contribution is 7.91. The van der Waals surface area contributed by atoms with E-state index in [4.69, 9.17) is 4.74 Å². The maximum Gasteiger partial charge on any atom is 0.416 e. The standard InChI is InChI=1S/C22H22F3N3O4S/c1-2-28-21(29)19(26-17-7-9-18(10-8-17)27-11-13-32-14-12-27)20(33(28,30)31)15-3-5-16(6-4-15)22(23,24)25/h3-10,20H,2,11-14H2,1H3. The smallest absolute Gasteiger partial charge is 0.378 e. The van der Waals surface area contributed by atoms with Gasteiger partial charge in [-0.15, -0.1) is 0 Å². The van der Waals surface area contributed by atoms with E-state index in [1.54, 1.807) is 12.1 Å². The number of amides is 1. The quantitative estimate of drug-likeness (QED) is 0.668. The Hall–Kier alpha value is -2.92. The molecule has 1 unspecified atom stereocenters. The molecule has 176 valence electrons. The maximum absolute atomic E-state index is 13.1. The third kappa shape index (κ3) is 4.47. The van der Waals surface area contributed by atoms with Crippen molar-refractivity contribution in [2.45, 2.75) is 18.3 Å². The summed E-state index contributed by atoms with van der Waals surface area (Å²) in [7, 11) is -4.17. The topological polar surface area (TPSA) is 79.3 Å². The van der Waals surface area contributed by atoms with Crippen LogP contribution in [-0.2, 0) is 25.7 Å². The summed E-state index contributed by atoms with van der Waals surface area (Å²) in [4.78, 5) is 19.4. The fourth-order valence-electron chi connectivity index (χ4n) is 3.93. The molecule has 1 atom stereocenters. The van der Waals surface area contributed by atoms with Gasteiger partial charge in [-0.05, 0) is 48.9 Å². The van der Waals surface area contributed by atoms with Crippen LogP contribution in [0.1, 0.15) is 23.3 Å². The van der Waals surface area contributed by atoms with Crippen molar-refractivity contribution in [1.82, 2.24) is 4.31 Å². The van der Waals surface area contributed by atoms with Gasteiger partial charge in [-0.3, -0.25) is 4.79 Å². The first-order chi connectivity index (χ1) is 15.6. The summed E-state index contributed by atoms with van der Waals surface area (Å²) >= 11 is 0. The Bertz CT molecular complexity index is 1160. The van der Waals surface area contributed by atoms with Crippen LogP contribution >= 0.6 is 0 Å². The van der Waals surface area contributed by atoms with E-state index in [-0.39, 0.29) is 17.8 Å². The van der Waals surface area contributed by atoms with Crippen molar-refractivity contribution in [3.05, 3.63) is 59.7 Å². The highest BCUT2D eigenvalue weighted by atomic mass is 32.2. The van der Waals surface area contributed by atoms with Crippen molar-refractivity contribution >= 4 is 33.0 Å². The Labute approximate surface area is 189 Å². The SMILES string of the molecule is CCN1C(=O)C(=Nc2ccc(N3CCOCC3)cc2)C(c2ccc(C(F)(F)F)cc2)S1(=O)=O. The minimum Gasteiger partial charge on any atom is -0.378 e. The summed E-state index contributed by atoms with van der Waals surface area (Å²) in [5, 5.41) is -1.48. The fourth-order valence-corrected chi connectivity index (χ4v) is 5.80. The van der Waals surface area contributed by atoms with Crippen molar-refractivity contribution in [3.8, 4) is 0 Å². The normalized spacial score (nSPS) is 22.2. The molecule has 0 bridgehead atoms. The van der Waals surface area contributed by atoms with Crippen LogP contribution < -0.4 is 4.90 Å². The van der Waals surface area contributed by atoms with E-state index in [0.29, 0.717) is 23.2 Å². The molecule has 0 radical (unpaired) electrons. The number of carbonyl (C=O) groups is 1. The van der Waals surface area contributed by atoms with Gasteiger partial charge in [0.1, 0.15) is 5.71 Å². The highest BCUT2D eigenvalue weighted by Crippen LogP contribution is 2.37. The summed E-state index contributed by atoms with van der Waals surface area (Å²) in [6.07, 6.45) is -4.56. The lowest BCUT2D eigenvalue weighted by Gasteiger charge is -2.28. The van der Waals surface area contributed by atoms with Crippen molar-refractivity contribution in [1.29, 1.82) is 0 Å². The van der Waals surface area contributed by atoms with Gasteiger partial charge >= 0.3 is 6.18 Å². The maximum atomic E-state index is 13.1. The Kier molecular flexibility index (Phi) is 6.19. The molecule has 33 heavy (non-hydrogen) atoms. The van der Waals surface area contributed by atoms with Crippen molar-refractivity contribution in [2.24, 2.45) is 4.99 Å². The van der Waals surface area contributed by atoms with Crippen LogP contribution in [0.25, 0.3) is 0 Å². The van der Waals surface area contributed by atoms with Gasteiger partial charge in [0.15, 0.2) is 5.25 Å². The monoisotopic (exact) mass is 481 g/mol. The van der Waals surface area contributed by atoms with Crippen molar-refractivity contribution < 1.29 is 31.1 Å². The Morgan fingerprint density at radius 1 is 1.03 bits per heavy atom. The second kappa shape index (κ2) is 8.79. The first-order valence-electron chi connectivity index (χ1n) is 10.4. The molecule has 1 amide bonds. The number of hydrogen-bond donors (Lipinski definition) is 0. The van der Waals surface area contributed by atoms with E-state index in [2.05, 4.69) is 9.89 Å². The molecule has 2 aromatic carbocycles. The van der Waals surface area contributed by atoms with E-state index in [1.807, 2.05) is 12.1 Å². The number of ether oxygens (including phenoxy) is 1. The Morgan fingerprint density at radius 3 is 2.18 bits per heavy atom. The van der Waals surface area contributed by atoms with E-state index < -0.39 is 32.9 Å². The van der Waals surface area contributed by atoms with Crippen molar-refractivity contribution in [2.75, 3.05) is 37.7 Å². The zero-order valence-corrected chi connectivity index (χ0v) is 18.6. The number of aliphatic imine (C=N–C) groups is 1. The first kappa shape index (κ1) is 23.2. The molecule has 2 aliphatic rings. The molecule has 0 aliphatic carbocycles. The van der Waals surface area contributed by atoms with Crippen LogP contribution in [0.5, 0.6) is 0 Å². The largest absolute Gasteiger partial charge is 0.416 e. The number of alkyl halides is 3. The molecule has 7 nitrogen and oxygen atoms in total. The number of halogens is 3. The fraction of sp³-hybridized carbons (Fsp3) is 0.364. The van der Waals surface area contributed by atoms with Gasteiger partial charge in [-0.25, -0.2) is 17.7 Å². The number of rotatable bonds is 4. The molecule has 0 N–H and O–H groups in total. The lowest BCUT2D eigenvalue weighted by atomic mass is 10.0. The Balaban J connectivity index is 1.71. The molecule has 0 aromatic heterocycles. The van der Waals surface area contributed by atoms with Gasteiger partial charge in [0, 0.05) is 25.3 Å². The van der Waals surface area contributed by atoms with Gasteiger partial charge in [0.25, 0.3) is 15.9 Å². The predicted molar refractivity (Wildman–Crippen MR) is 117 cm³/mol. The van der Waals surface area contributed by atoms with E-state index in [0.717, 1.165) is 43.0 Å². The van der Waals surface area contributed by atoms with Gasteiger partial charge in [-0.1, -0.05) is 12.1 Å². The molecular formula is C22H22F3N3O4S. The number of morpholine rings is 1. The average Bonchev–Trinajstić information content (AvgIpc) is 2.98. The molecule has 0 saturated carbocycles. The van der Waals surface area contributed by atoms with Crippen LogP contribution in [0.3, 0.4) is 0 Å². The van der Waals surface area contributed by atoms with E-state index >= 15 is 0 Å². The molecule has 0 spiro atoms. The van der Waals surface area contributed by atoms with Gasteiger partial charge < -0.3 is 9.64 Å². The minimum absolute atomic E-state index is 0.0518. The van der Waals surface area contributed by atoms with Crippen LogP contribution in [0.4, 0.5) is 24.5 Å². The van der Waals surface area contributed by atoms with Gasteiger partial charge in [0.2, 0.25) is 0 Å². The summed E-state index contributed by atoms with van der Waals surface area (Å²) in [5.41, 5.74) is 0.228. The zero-order valence-electron chi connectivity index (χ0n) is 17.7. The van der Waals surface area contributed by atoms with Crippen LogP contribution in [0.15, 0.2) is 53.5 Å². The summed E-state index contributed by atoms with van der Waals surface area (Å²) in [5.74, 6) is -0.778. The number of hydrogen-bond acceptors (Lipinski definition) is 6. The number of benzene rings is 2. The van der Waals surface area contributed by atoms with Crippen LogP contribution in [0.2, 0.25) is 0 Å². The summed E-state index contributed by atoms with van der Waals surface area (Å²) in [6.45, 7) is 4.14. The second-order valence-corrected chi connectivity index (χ2v) is 9.57. The third-order valence-electron chi connectivity index (χ3n) is 5.60. The Morgan fingerprint density at radius 2 is 1.64 bits per heavy atom. The number of carbonyl (C=O) groups excluding carboxylic acids is 1. The van der Waals surface area contributed by atoms with E-state index in [1.165, 1.54) is 6.92 Å². The molecule has 2 saturated heterocycles. The zero-order chi connectivity index (χ0) is 23.8. The summed E-state index contributed by atoms with van der Waals surface area (Å²) in [6, 6.07) is 10.8. The second-order valence-electron chi connectivity index (χ2n) is 7.63. The van der Waals surface area contributed by atoms with Crippen molar-refractivity contribution in [3.63, 3.8) is 0 Å². The van der Waals surface area contributed by atoms with Crippen LogP contribution in [-0.4, -0.2) is 57.2 Å². The summed E-state index contributed by atoms with van der Waals surface area (Å²) < 4.78 is 71.0. The van der Waals surface area contributed by atoms with Gasteiger partial charge in [0.05, 0.1) is 24.5 Å². The number of sulfonamides is 1. The molecule has 2 heterocycles. The molecular weight excluding hydrogens is 459 g/mol. The molecule has 4 rings (SSSR count). The highest BCUT2D eigenvalue weighted by Gasteiger charge is 2.50. The lowest BCUT2D eigenvalue weighted by molar-refractivity contribution is -0.137. The molecule has 11 heteroatoms. The predicted octanol–water partition coefficient (Wildman–Crippen LogP) is 3.55. The van der Waals surface area contributed by atoms with Gasteiger partial charge in [-0.2, -0.15) is 13.2 Å². The minimum atomic E-state index is -4.56. The first-order valence-corrected chi connectivity index (χ1v) is 11.9. The number of nitrogens with zero attached hydrogens (tertiary/aromatic N) is 3.